The van der Waals surface area contributed by atoms with E-state index < -0.39 is 0 Å². The Morgan fingerprint density at radius 2 is 1.62 bits per heavy atom. The van der Waals surface area contributed by atoms with E-state index in [0.29, 0.717) is 5.92 Å². The summed E-state index contributed by atoms with van der Waals surface area (Å²) in [7, 11) is 0. The average Bonchev–Trinajstić information content (AvgIpc) is 2.76. The first kappa shape index (κ1) is 14.9. The van der Waals surface area contributed by atoms with E-state index in [-0.39, 0.29) is 6.10 Å². The summed E-state index contributed by atoms with van der Waals surface area (Å²) in [5, 5.41) is 13.6. The largest absolute Gasteiger partial charge is 0.388 e. The molecule has 0 aromatic heterocycles. The lowest BCUT2D eigenvalue weighted by Gasteiger charge is -2.20. The molecule has 3 rings (SSSR count). The molecule has 0 bridgehead atoms. The van der Waals surface area contributed by atoms with Gasteiger partial charge in [-0.25, -0.2) is 0 Å². The summed E-state index contributed by atoms with van der Waals surface area (Å²) >= 11 is 6.27. The van der Waals surface area contributed by atoms with Gasteiger partial charge in [-0.3, -0.25) is 0 Å². The van der Waals surface area contributed by atoms with Crippen LogP contribution >= 0.6 is 11.6 Å². The zero-order valence-electron chi connectivity index (χ0n) is 12.4. The van der Waals surface area contributed by atoms with Crippen molar-refractivity contribution in [2.45, 2.75) is 51.0 Å². The molecule has 0 saturated heterocycles. The zero-order chi connectivity index (χ0) is 14.7. The van der Waals surface area contributed by atoms with Gasteiger partial charge in [-0.1, -0.05) is 80.5 Å². The van der Waals surface area contributed by atoms with Gasteiger partial charge in [-0.2, -0.15) is 0 Å². The second-order valence-electron chi connectivity index (χ2n) is 6.29. The van der Waals surface area contributed by atoms with E-state index in [4.69, 9.17) is 11.6 Å². The summed E-state index contributed by atoms with van der Waals surface area (Å²) in [6.45, 7) is 0. The van der Waals surface area contributed by atoms with Crippen molar-refractivity contribution in [1.82, 2.24) is 0 Å². The average molecular weight is 303 g/mol. The van der Waals surface area contributed by atoms with E-state index >= 15 is 0 Å². The highest BCUT2D eigenvalue weighted by Crippen LogP contribution is 2.35. The fourth-order valence-electron chi connectivity index (χ4n) is 3.62. The maximum absolute atomic E-state index is 10.7. The lowest BCUT2D eigenvalue weighted by atomic mass is 9.89. The van der Waals surface area contributed by atoms with Crippen LogP contribution in [-0.2, 0) is 0 Å². The van der Waals surface area contributed by atoms with Crippen LogP contribution < -0.4 is 0 Å². The van der Waals surface area contributed by atoms with Crippen LogP contribution in [0.15, 0.2) is 36.4 Å². The molecule has 1 aliphatic rings. The standard InChI is InChI=1S/C19H23ClO/c20-18-12-11-17(15-9-5-6-10-16(15)18)19(21)13-14-7-3-1-2-4-8-14/h5-6,9-12,14,19,21H,1-4,7-8,13H2. The SMILES string of the molecule is OC(CC1CCCCCC1)c1ccc(Cl)c2ccccc12. The quantitative estimate of drug-likeness (QED) is 0.701. The van der Waals surface area contributed by atoms with Crippen molar-refractivity contribution in [2.75, 3.05) is 0 Å². The molecule has 0 aliphatic heterocycles. The fourth-order valence-corrected chi connectivity index (χ4v) is 3.85. The van der Waals surface area contributed by atoms with Gasteiger partial charge in [0.2, 0.25) is 0 Å². The molecule has 2 aromatic rings. The van der Waals surface area contributed by atoms with Gasteiger partial charge in [0.05, 0.1) is 6.10 Å². The van der Waals surface area contributed by atoms with E-state index in [2.05, 4.69) is 6.07 Å². The summed E-state index contributed by atoms with van der Waals surface area (Å²) in [4.78, 5) is 0. The summed E-state index contributed by atoms with van der Waals surface area (Å²) in [5.41, 5.74) is 1.03. The molecule has 1 unspecified atom stereocenters. The summed E-state index contributed by atoms with van der Waals surface area (Å²) in [6.07, 6.45) is 8.39. The molecule has 1 fully saturated rings. The molecule has 0 radical (unpaired) electrons. The van der Waals surface area contributed by atoms with Crippen molar-refractivity contribution >= 4 is 22.4 Å². The third-order valence-corrected chi connectivity index (χ3v) is 5.12. The first-order valence-corrected chi connectivity index (χ1v) is 8.48. The Morgan fingerprint density at radius 3 is 2.33 bits per heavy atom. The van der Waals surface area contributed by atoms with Gasteiger partial charge in [-0.05, 0) is 29.4 Å². The number of halogens is 1. The molecule has 1 atom stereocenters. The first-order valence-electron chi connectivity index (χ1n) is 8.11. The third kappa shape index (κ3) is 3.41. The van der Waals surface area contributed by atoms with Crippen molar-refractivity contribution < 1.29 is 5.11 Å². The summed E-state index contributed by atoms with van der Waals surface area (Å²) in [5.74, 6) is 0.664. The molecule has 0 heterocycles. The lowest BCUT2D eigenvalue weighted by molar-refractivity contribution is 0.140. The molecule has 0 amide bonds. The number of aliphatic hydroxyl groups is 1. The van der Waals surface area contributed by atoms with Crippen molar-refractivity contribution in [1.29, 1.82) is 0 Å². The number of hydrogen-bond acceptors (Lipinski definition) is 1. The molecule has 0 spiro atoms. The highest BCUT2D eigenvalue weighted by atomic mass is 35.5. The number of benzene rings is 2. The van der Waals surface area contributed by atoms with Crippen LogP contribution in [0.5, 0.6) is 0 Å². The molecule has 112 valence electrons. The normalized spacial score (nSPS) is 18.6. The van der Waals surface area contributed by atoms with Crippen molar-refractivity contribution in [2.24, 2.45) is 5.92 Å². The fraction of sp³-hybridized carbons (Fsp3) is 0.474. The zero-order valence-corrected chi connectivity index (χ0v) is 13.1. The van der Waals surface area contributed by atoms with E-state index in [1.54, 1.807) is 0 Å². The van der Waals surface area contributed by atoms with Crippen molar-refractivity contribution in [3.05, 3.63) is 47.0 Å². The van der Waals surface area contributed by atoms with E-state index in [9.17, 15) is 5.11 Å². The molecular formula is C19H23ClO. The van der Waals surface area contributed by atoms with Crippen LogP contribution in [0.3, 0.4) is 0 Å². The molecule has 1 aliphatic carbocycles. The monoisotopic (exact) mass is 302 g/mol. The van der Waals surface area contributed by atoms with Gasteiger partial charge >= 0.3 is 0 Å². The Morgan fingerprint density at radius 1 is 0.952 bits per heavy atom. The van der Waals surface area contributed by atoms with Crippen LogP contribution in [-0.4, -0.2) is 5.11 Å². The third-order valence-electron chi connectivity index (χ3n) is 4.79. The highest BCUT2D eigenvalue weighted by Gasteiger charge is 2.19. The Hall–Kier alpha value is -1.05. The molecule has 2 aromatic carbocycles. The Kier molecular flexibility index (Phi) is 4.82. The Bertz CT molecular complexity index is 600. The van der Waals surface area contributed by atoms with Gasteiger partial charge in [0.15, 0.2) is 0 Å². The minimum Gasteiger partial charge on any atom is -0.388 e. The van der Waals surface area contributed by atoms with Gasteiger partial charge in [0.25, 0.3) is 0 Å². The number of hydrogen-bond donors (Lipinski definition) is 1. The van der Waals surface area contributed by atoms with Crippen LogP contribution in [0, 0.1) is 5.92 Å². The van der Waals surface area contributed by atoms with Crippen LogP contribution in [0.25, 0.3) is 10.8 Å². The Balaban J connectivity index is 1.84. The summed E-state index contributed by atoms with van der Waals surface area (Å²) in [6, 6.07) is 12.0. The maximum Gasteiger partial charge on any atom is 0.0798 e. The second kappa shape index (κ2) is 6.81. The van der Waals surface area contributed by atoms with Gasteiger partial charge in [0.1, 0.15) is 0 Å². The molecular weight excluding hydrogens is 280 g/mol. The molecule has 2 heteroatoms. The van der Waals surface area contributed by atoms with Gasteiger partial charge < -0.3 is 5.11 Å². The van der Waals surface area contributed by atoms with E-state index in [0.717, 1.165) is 27.8 Å². The van der Waals surface area contributed by atoms with E-state index in [1.165, 1.54) is 38.5 Å². The first-order chi connectivity index (χ1) is 10.3. The predicted molar refractivity (Wildman–Crippen MR) is 89.7 cm³/mol. The minimum atomic E-state index is -0.379. The lowest BCUT2D eigenvalue weighted by Crippen LogP contribution is -2.07. The van der Waals surface area contributed by atoms with Crippen LogP contribution in [0.1, 0.15) is 56.6 Å². The van der Waals surface area contributed by atoms with E-state index in [1.807, 2.05) is 30.3 Å². The highest BCUT2D eigenvalue weighted by molar-refractivity contribution is 6.35. The minimum absolute atomic E-state index is 0.379. The second-order valence-corrected chi connectivity index (χ2v) is 6.70. The smallest absolute Gasteiger partial charge is 0.0798 e. The van der Waals surface area contributed by atoms with Crippen molar-refractivity contribution in [3.63, 3.8) is 0 Å². The van der Waals surface area contributed by atoms with Crippen LogP contribution in [0.2, 0.25) is 5.02 Å². The van der Waals surface area contributed by atoms with Crippen LogP contribution in [0.4, 0.5) is 0 Å². The number of rotatable bonds is 3. The van der Waals surface area contributed by atoms with Gasteiger partial charge in [-0.15, -0.1) is 0 Å². The predicted octanol–water partition coefficient (Wildman–Crippen LogP) is 5.89. The number of aliphatic hydroxyl groups excluding tert-OH is 1. The maximum atomic E-state index is 10.7. The molecule has 1 saturated carbocycles. The van der Waals surface area contributed by atoms with Crippen molar-refractivity contribution in [3.8, 4) is 0 Å². The number of fused-ring (bicyclic) bond motifs is 1. The summed E-state index contributed by atoms with van der Waals surface area (Å²) < 4.78 is 0. The molecule has 1 nitrogen and oxygen atoms in total. The molecule has 21 heavy (non-hydrogen) atoms. The Labute approximate surface area is 131 Å². The van der Waals surface area contributed by atoms with Gasteiger partial charge in [0, 0.05) is 10.4 Å². The molecule has 1 N–H and O–H groups in total. The topological polar surface area (TPSA) is 20.2 Å².